The van der Waals surface area contributed by atoms with Crippen molar-refractivity contribution in [1.82, 2.24) is 25.4 Å². The summed E-state index contributed by atoms with van der Waals surface area (Å²) in [5.74, 6) is 1.13. The van der Waals surface area contributed by atoms with Crippen molar-refractivity contribution < 1.29 is 4.79 Å². The number of amides is 1. The molecule has 1 aromatic heterocycles. The third-order valence-corrected chi connectivity index (χ3v) is 3.18. The van der Waals surface area contributed by atoms with Gasteiger partial charge in [0.15, 0.2) is 0 Å². The van der Waals surface area contributed by atoms with Crippen molar-refractivity contribution >= 4 is 5.91 Å². The Kier molecular flexibility index (Phi) is 4.30. The zero-order valence-corrected chi connectivity index (χ0v) is 11.1. The van der Waals surface area contributed by atoms with E-state index in [4.69, 9.17) is 0 Å². The molecule has 0 aliphatic carbocycles. The van der Waals surface area contributed by atoms with Gasteiger partial charge in [-0.2, -0.15) is 0 Å². The average Bonchev–Trinajstić information content (AvgIpc) is 2.97. The van der Waals surface area contributed by atoms with Crippen LogP contribution < -0.4 is 5.32 Å². The van der Waals surface area contributed by atoms with Crippen molar-refractivity contribution in [2.45, 2.75) is 26.7 Å². The summed E-state index contributed by atoms with van der Waals surface area (Å²) >= 11 is 0. The number of likely N-dealkylation sites (tertiary alicyclic amines) is 1. The summed E-state index contributed by atoms with van der Waals surface area (Å²) in [4.78, 5) is 18.2. The molecule has 1 unspecified atom stereocenters. The zero-order valence-electron chi connectivity index (χ0n) is 11.1. The van der Waals surface area contributed by atoms with Gasteiger partial charge >= 0.3 is 0 Å². The molecule has 0 radical (unpaired) electrons. The standard InChI is InChI=1S/C12H21N5O/c1-9(8-17-5-3-4-6-17)7-13-12(18)11-14-10(2)15-16-11/h9H,3-8H2,1-2H3,(H,13,18)(H,14,15,16). The molecule has 1 saturated heterocycles. The molecular formula is C12H21N5O. The van der Waals surface area contributed by atoms with E-state index in [0.29, 0.717) is 18.3 Å². The van der Waals surface area contributed by atoms with Gasteiger partial charge in [0, 0.05) is 13.1 Å². The van der Waals surface area contributed by atoms with Crippen LogP contribution in [0.5, 0.6) is 0 Å². The third kappa shape index (κ3) is 3.53. The first-order valence-electron chi connectivity index (χ1n) is 6.54. The SMILES string of the molecule is Cc1nc(C(=O)NCC(C)CN2CCCC2)n[nH]1. The van der Waals surface area contributed by atoms with Crippen molar-refractivity contribution in [3.8, 4) is 0 Å². The van der Waals surface area contributed by atoms with Crippen molar-refractivity contribution in [2.24, 2.45) is 5.92 Å². The van der Waals surface area contributed by atoms with E-state index in [-0.39, 0.29) is 11.7 Å². The predicted molar refractivity (Wildman–Crippen MR) is 68.3 cm³/mol. The van der Waals surface area contributed by atoms with E-state index in [2.05, 4.69) is 32.3 Å². The van der Waals surface area contributed by atoms with Crippen LogP contribution in [0.4, 0.5) is 0 Å². The lowest BCUT2D eigenvalue weighted by molar-refractivity contribution is 0.0935. The van der Waals surface area contributed by atoms with Crippen molar-refractivity contribution in [1.29, 1.82) is 0 Å². The number of H-pyrrole nitrogens is 1. The molecule has 0 aromatic carbocycles. The first-order chi connectivity index (χ1) is 8.65. The third-order valence-electron chi connectivity index (χ3n) is 3.18. The van der Waals surface area contributed by atoms with E-state index < -0.39 is 0 Å². The van der Waals surface area contributed by atoms with Crippen LogP contribution in [0.15, 0.2) is 0 Å². The summed E-state index contributed by atoms with van der Waals surface area (Å²) in [5, 5.41) is 9.38. The van der Waals surface area contributed by atoms with E-state index in [0.717, 1.165) is 6.54 Å². The van der Waals surface area contributed by atoms with Gasteiger partial charge in [0.05, 0.1) is 0 Å². The highest BCUT2D eigenvalue weighted by atomic mass is 16.2. The minimum absolute atomic E-state index is 0.201. The fourth-order valence-electron chi connectivity index (χ4n) is 2.26. The second kappa shape index (κ2) is 5.95. The largest absolute Gasteiger partial charge is 0.349 e. The van der Waals surface area contributed by atoms with Crippen molar-refractivity contribution in [2.75, 3.05) is 26.2 Å². The summed E-state index contributed by atoms with van der Waals surface area (Å²) in [5.41, 5.74) is 0. The van der Waals surface area contributed by atoms with Crippen LogP contribution in [0.25, 0.3) is 0 Å². The maximum atomic E-state index is 11.7. The molecule has 2 N–H and O–H groups in total. The van der Waals surface area contributed by atoms with Gasteiger partial charge in [-0.15, -0.1) is 5.10 Å². The maximum absolute atomic E-state index is 11.7. The predicted octanol–water partition coefficient (Wildman–Crippen LogP) is 0.575. The van der Waals surface area contributed by atoms with Gasteiger partial charge in [-0.25, -0.2) is 4.98 Å². The molecular weight excluding hydrogens is 230 g/mol. The van der Waals surface area contributed by atoms with Crippen molar-refractivity contribution in [3.63, 3.8) is 0 Å². The monoisotopic (exact) mass is 251 g/mol. The molecule has 0 spiro atoms. The van der Waals surface area contributed by atoms with E-state index in [9.17, 15) is 4.79 Å². The lowest BCUT2D eigenvalue weighted by Crippen LogP contribution is -2.34. The Bertz CT molecular complexity index is 397. The molecule has 1 fully saturated rings. The molecule has 1 aliphatic heterocycles. The molecule has 1 aliphatic rings. The van der Waals surface area contributed by atoms with Gasteiger partial charge in [-0.05, 0) is 38.8 Å². The van der Waals surface area contributed by atoms with Gasteiger partial charge in [0.2, 0.25) is 5.82 Å². The number of aromatic nitrogens is 3. The topological polar surface area (TPSA) is 73.9 Å². The number of hydrogen-bond acceptors (Lipinski definition) is 4. The molecule has 6 nitrogen and oxygen atoms in total. The van der Waals surface area contributed by atoms with Crippen LogP contribution in [0.2, 0.25) is 0 Å². The number of aromatic amines is 1. The van der Waals surface area contributed by atoms with E-state index in [1.165, 1.54) is 25.9 Å². The lowest BCUT2D eigenvalue weighted by Gasteiger charge is -2.20. The number of carbonyl (C=O) groups is 1. The molecule has 18 heavy (non-hydrogen) atoms. The van der Waals surface area contributed by atoms with Crippen LogP contribution in [-0.2, 0) is 0 Å². The summed E-state index contributed by atoms with van der Waals surface area (Å²) in [6.07, 6.45) is 2.60. The van der Waals surface area contributed by atoms with Crippen molar-refractivity contribution in [3.05, 3.63) is 11.6 Å². The summed E-state index contributed by atoms with van der Waals surface area (Å²) < 4.78 is 0. The Morgan fingerprint density at radius 1 is 1.50 bits per heavy atom. The maximum Gasteiger partial charge on any atom is 0.290 e. The number of rotatable bonds is 5. The van der Waals surface area contributed by atoms with Gasteiger partial charge < -0.3 is 10.2 Å². The molecule has 1 atom stereocenters. The van der Waals surface area contributed by atoms with Crippen LogP contribution >= 0.6 is 0 Å². The summed E-state index contributed by atoms with van der Waals surface area (Å²) in [7, 11) is 0. The Morgan fingerprint density at radius 2 is 2.22 bits per heavy atom. The second-order valence-corrected chi connectivity index (χ2v) is 5.07. The van der Waals surface area contributed by atoms with Gasteiger partial charge in [0.25, 0.3) is 5.91 Å². The van der Waals surface area contributed by atoms with Crippen LogP contribution in [-0.4, -0.2) is 52.2 Å². The van der Waals surface area contributed by atoms with Crippen LogP contribution in [0, 0.1) is 12.8 Å². The van der Waals surface area contributed by atoms with E-state index in [1.54, 1.807) is 6.92 Å². The molecule has 6 heteroatoms. The second-order valence-electron chi connectivity index (χ2n) is 5.07. The number of aryl methyl sites for hydroxylation is 1. The summed E-state index contributed by atoms with van der Waals surface area (Å²) in [6, 6.07) is 0. The molecule has 100 valence electrons. The fourth-order valence-corrected chi connectivity index (χ4v) is 2.26. The molecule has 0 saturated carbocycles. The quantitative estimate of drug-likeness (QED) is 0.802. The van der Waals surface area contributed by atoms with E-state index >= 15 is 0 Å². The zero-order chi connectivity index (χ0) is 13.0. The minimum atomic E-state index is -0.201. The van der Waals surface area contributed by atoms with E-state index in [1.807, 2.05) is 0 Å². The van der Waals surface area contributed by atoms with Crippen LogP contribution in [0.1, 0.15) is 36.2 Å². The lowest BCUT2D eigenvalue weighted by atomic mass is 10.1. The first-order valence-corrected chi connectivity index (χ1v) is 6.54. The molecule has 0 bridgehead atoms. The minimum Gasteiger partial charge on any atom is -0.349 e. The highest BCUT2D eigenvalue weighted by Crippen LogP contribution is 2.09. The Labute approximate surface area is 107 Å². The van der Waals surface area contributed by atoms with Gasteiger partial charge in [-0.1, -0.05) is 6.92 Å². The normalized spacial score (nSPS) is 17.9. The average molecular weight is 251 g/mol. The number of nitrogens with one attached hydrogen (secondary N) is 2. The van der Waals surface area contributed by atoms with Gasteiger partial charge in [-0.3, -0.25) is 9.89 Å². The Balaban J connectivity index is 1.71. The Hall–Kier alpha value is -1.43. The molecule has 1 aromatic rings. The molecule has 2 rings (SSSR count). The first kappa shape index (κ1) is 13.0. The molecule has 2 heterocycles. The van der Waals surface area contributed by atoms with Gasteiger partial charge in [0.1, 0.15) is 5.82 Å². The fraction of sp³-hybridized carbons (Fsp3) is 0.750. The number of carbonyl (C=O) groups excluding carboxylic acids is 1. The molecule has 1 amide bonds. The van der Waals surface area contributed by atoms with Crippen LogP contribution in [0.3, 0.4) is 0 Å². The number of nitrogens with zero attached hydrogens (tertiary/aromatic N) is 3. The summed E-state index contributed by atoms with van der Waals surface area (Å²) in [6.45, 7) is 8.04. The number of hydrogen-bond donors (Lipinski definition) is 2. The smallest absolute Gasteiger partial charge is 0.290 e. The Morgan fingerprint density at radius 3 is 2.83 bits per heavy atom. The highest BCUT2D eigenvalue weighted by Gasteiger charge is 2.16. The highest BCUT2D eigenvalue weighted by molar-refractivity contribution is 5.90.